The Kier molecular flexibility index (Phi) is 6.55. The molecule has 0 aliphatic heterocycles. The first-order valence-corrected chi connectivity index (χ1v) is 9.39. The summed E-state index contributed by atoms with van der Waals surface area (Å²) in [6.07, 6.45) is 5.15. The lowest BCUT2D eigenvalue weighted by Gasteiger charge is -2.18. The lowest BCUT2D eigenvalue weighted by Crippen LogP contribution is -2.28. The molecule has 0 saturated carbocycles. The fraction of sp³-hybridized carbons (Fsp3) is 0.227. The lowest BCUT2D eigenvalue weighted by molar-refractivity contribution is -0.121. The summed E-state index contributed by atoms with van der Waals surface area (Å²) >= 11 is 6.00. The highest BCUT2D eigenvalue weighted by Gasteiger charge is 2.16. The molecule has 5 heteroatoms. The Morgan fingerprint density at radius 1 is 1.04 bits per heavy atom. The largest absolute Gasteiger partial charge is 0.508 e. The Bertz CT molecular complexity index is 843. The smallest absolute Gasteiger partial charge is 0.220 e. The second kappa shape index (κ2) is 9.28. The Labute approximate surface area is 164 Å². The second-order valence-corrected chi connectivity index (χ2v) is 7.04. The van der Waals surface area contributed by atoms with E-state index < -0.39 is 0 Å². The monoisotopic (exact) mass is 382 g/mol. The van der Waals surface area contributed by atoms with Crippen LogP contribution >= 0.6 is 11.6 Å². The molecule has 0 saturated heterocycles. The molecular formula is C22H23ClN2O2. The third kappa shape index (κ3) is 5.90. The van der Waals surface area contributed by atoms with Crippen LogP contribution in [0.2, 0.25) is 5.02 Å². The molecule has 1 heterocycles. The number of aromatic nitrogens is 1. The lowest BCUT2D eigenvalue weighted by atomic mass is 9.95. The van der Waals surface area contributed by atoms with Crippen LogP contribution < -0.4 is 5.32 Å². The van der Waals surface area contributed by atoms with Crippen LogP contribution in [0.25, 0.3) is 0 Å². The SMILES string of the molecule is O=C(CC(Cn1cccc1)c1ccc(Cl)cc1)NCCc1ccc(O)cc1. The minimum Gasteiger partial charge on any atom is -0.508 e. The summed E-state index contributed by atoms with van der Waals surface area (Å²) in [6.45, 7) is 1.31. The van der Waals surface area contributed by atoms with E-state index in [-0.39, 0.29) is 17.6 Å². The van der Waals surface area contributed by atoms with E-state index in [1.54, 1.807) is 12.1 Å². The van der Waals surface area contributed by atoms with Gasteiger partial charge in [-0.3, -0.25) is 4.79 Å². The van der Waals surface area contributed by atoms with Gasteiger partial charge < -0.3 is 15.0 Å². The van der Waals surface area contributed by atoms with Crippen molar-refractivity contribution in [1.29, 1.82) is 0 Å². The topological polar surface area (TPSA) is 54.3 Å². The Hall–Kier alpha value is -2.72. The molecule has 0 bridgehead atoms. The quantitative estimate of drug-likeness (QED) is 0.607. The molecule has 1 amide bonds. The molecule has 0 spiro atoms. The minimum absolute atomic E-state index is 0.0286. The summed E-state index contributed by atoms with van der Waals surface area (Å²) < 4.78 is 2.09. The fourth-order valence-electron chi connectivity index (χ4n) is 3.07. The summed E-state index contributed by atoms with van der Waals surface area (Å²) in [5, 5.41) is 13.0. The number of phenolic OH excluding ortho intramolecular Hbond substituents is 1. The van der Waals surface area contributed by atoms with E-state index >= 15 is 0 Å². The summed E-state index contributed by atoms with van der Waals surface area (Å²) in [6, 6.07) is 18.7. The first-order valence-electron chi connectivity index (χ1n) is 9.01. The van der Waals surface area contributed by atoms with Crippen molar-refractivity contribution in [2.45, 2.75) is 25.3 Å². The number of amides is 1. The maximum Gasteiger partial charge on any atom is 0.220 e. The van der Waals surface area contributed by atoms with E-state index in [0.29, 0.717) is 18.0 Å². The first-order chi connectivity index (χ1) is 13.1. The zero-order valence-corrected chi connectivity index (χ0v) is 15.8. The zero-order valence-electron chi connectivity index (χ0n) is 15.0. The maximum absolute atomic E-state index is 12.5. The van der Waals surface area contributed by atoms with Gasteiger partial charge in [0.2, 0.25) is 5.91 Å². The highest BCUT2D eigenvalue weighted by Crippen LogP contribution is 2.24. The number of phenols is 1. The fourth-order valence-corrected chi connectivity index (χ4v) is 3.20. The normalized spacial score (nSPS) is 11.9. The van der Waals surface area contributed by atoms with Crippen LogP contribution in [-0.2, 0) is 17.8 Å². The number of hydrogen-bond donors (Lipinski definition) is 2. The summed E-state index contributed by atoms with van der Waals surface area (Å²) in [4.78, 5) is 12.5. The van der Waals surface area contributed by atoms with Gasteiger partial charge in [0.15, 0.2) is 0 Å². The van der Waals surface area contributed by atoms with Crippen molar-refractivity contribution < 1.29 is 9.90 Å². The van der Waals surface area contributed by atoms with Gasteiger partial charge in [-0.05, 0) is 53.9 Å². The van der Waals surface area contributed by atoms with Gasteiger partial charge in [0, 0.05) is 42.8 Å². The molecule has 27 heavy (non-hydrogen) atoms. The molecule has 0 aliphatic carbocycles. The van der Waals surface area contributed by atoms with E-state index in [0.717, 1.165) is 24.1 Å². The average molecular weight is 383 g/mol. The van der Waals surface area contributed by atoms with Gasteiger partial charge in [0.05, 0.1) is 0 Å². The van der Waals surface area contributed by atoms with Crippen LogP contribution in [0, 0.1) is 0 Å². The van der Waals surface area contributed by atoms with Crippen molar-refractivity contribution >= 4 is 17.5 Å². The molecule has 140 valence electrons. The molecular weight excluding hydrogens is 360 g/mol. The van der Waals surface area contributed by atoms with Crippen LogP contribution in [0.1, 0.15) is 23.5 Å². The van der Waals surface area contributed by atoms with Gasteiger partial charge in [0.25, 0.3) is 0 Å². The molecule has 3 aromatic rings. The number of hydrogen-bond acceptors (Lipinski definition) is 2. The number of carbonyl (C=O) groups is 1. The Morgan fingerprint density at radius 3 is 2.37 bits per heavy atom. The number of aromatic hydroxyl groups is 1. The van der Waals surface area contributed by atoms with E-state index in [1.165, 1.54) is 0 Å². The molecule has 4 nitrogen and oxygen atoms in total. The van der Waals surface area contributed by atoms with Crippen LogP contribution in [0.5, 0.6) is 5.75 Å². The third-order valence-electron chi connectivity index (χ3n) is 4.54. The number of halogens is 1. The van der Waals surface area contributed by atoms with Crippen molar-refractivity contribution in [3.05, 3.63) is 89.2 Å². The van der Waals surface area contributed by atoms with Crippen molar-refractivity contribution in [3.63, 3.8) is 0 Å². The average Bonchev–Trinajstić information content (AvgIpc) is 3.17. The number of benzene rings is 2. The van der Waals surface area contributed by atoms with Gasteiger partial charge in [-0.15, -0.1) is 0 Å². The Balaban J connectivity index is 1.58. The number of rotatable bonds is 8. The van der Waals surface area contributed by atoms with Gasteiger partial charge in [-0.1, -0.05) is 35.9 Å². The number of nitrogens with zero attached hydrogens (tertiary/aromatic N) is 1. The van der Waals surface area contributed by atoms with Crippen molar-refractivity contribution in [1.82, 2.24) is 9.88 Å². The first kappa shape index (κ1) is 19.1. The number of nitrogens with one attached hydrogen (secondary N) is 1. The van der Waals surface area contributed by atoms with Crippen LogP contribution in [0.3, 0.4) is 0 Å². The van der Waals surface area contributed by atoms with Crippen LogP contribution in [0.4, 0.5) is 0 Å². The highest BCUT2D eigenvalue weighted by atomic mass is 35.5. The predicted molar refractivity (Wildman–Crippen MR) is 108 cm³/mol. The summed E-state index contributed by atoms with van der Waals surface area (Å²) in [5.74, 6) is 0.350. The van der Waals surface area contributed by atoms with Gasteiger partial charge in [0.1, 0.15) is 5.75 Å². The molecule has 1 atom stereocenters. The zero-order chi connectivity index (χ0) is 19.1. The van der Waals surface area contributed by atoms with Gasteiger partial charge >= 0.3 is 0 Å². The molecule has 2 aromatic carbocycles. The third-order valence-corrected chi connectivity index (χ3v) is 4.79. The summed E-state index contributed by atoms with van der Waals surface area (Å²) in [5.41, 5.74) is 2.18. The second-order valence-electron chi connectivity index (χ2n) is 6.60. The standard InChI is InChI=1S/C22H23ClN2O2/c23-20-7-5-18(6-8-20)19(16-25-13-1-2-14-25)15-22(27)24-12-11-17-3-9-21(26)10-4-17/h1-10,13-14,19,26H,11-12,15-16H2,(H,24,27). The molecule has 0 radical (unpaired) electrons. The molecule has 0 aliphatic rings. The van der Waals surface area contributed by atoms with E-state index in [9.17, 15) is 9.90 Å². The molecule has 0 fully saturated rings. The van der Waals surface area contributed by atoms with Gasteiger partial charge in [-0.2, -0.15) is 0 Å². The van der Waals surface area contributed by atoms with E-state index in [4.69, 9.17) is 11.6 Å². The van der Waals surface area contributed by atoms with Crippen molar-refractivity contribution in [2.75, 3.05) is 6.54 Å². The minimum atomic E-state index is 0.0286. The summed E-state index contributed by atoms with van der Waals surface area (Å²) in [7, 11) is 0. The molecule has 2 N–H and O–H groups in total. The van der Waals surface area contributed by atoms with E-state index in [2.05, 4.69) is 9.88 Å². The molecule has 3 rings (SSSR count). The van der Waals surface area contributed by atoms with E-state index in [1.807, 2.05) is 60.9 Å². The Morgan fingerprint density at radius 2 is 1.70 bits per heavy atom. The highest BCUT2D eigenvalue weighted by molar-refractivity contribution is 6.30. The van der Waals surface area contributed by atoms with Crippen molar-refractivity contribution in [3.8, 4) is 5.75 Å². The van der Waals surface area contributed by atoms with Gasteiger partial charge in [-0.25, -0.2) is 0 Å². The van der Waals surface area contributed by atoms with Crippen LogP contribution in [0.15, 0.2) is 73.1 Å². The maximum atomic E-state index is 12.5. The molecule has 1 unspecified atom stereocenters. The number of carbonyl (C=O) groups excluding carboxylic acids is 1. The van der Waals surface area contributed by atoms with Crippen LogP contribution in [-0.4, -0.2) is 22.1 Å². The predicted octanol–water partition coefficient (Wildman–Crippen LogP) is 4.38. The molecule has 1 aromatic heterocycles. The van der Waals surface area contributed by atoms with Crippen molar-refractivity contribution in [2.24, 2.45) is 0 Å².